The molecule has 212 valence electrons. The van der Waals surface area contributed by atoms with Crippen molar-refractivity contribution in [1.82, 2.24) is 19.7 Å². The molecule has 0 radical (unpaired) electrons. The molecule has 3 heterocycles. The molecular formula is C30H32F4N4OS. The van der Waals surface area contributed by atoms with Crippen molar-refractivity contribution in [2.75, 3.05) is 0 Å². The number of halogens is 4. The van der Waals surface area contributed by atoms with Gasteiger partial charge in [0, 0.05) is 11.8 Å². The van der Waals surface area contributed by atoms with Gasteiger partial charge in [-0.05, 0) is 74.9 Å². The molecule has 10 heteroatoms. The minimum atomic E-state index is -4.55. The Morgan fingerprint density at radius 3 is 2.40 bits per heavy atom. The first kappa shape index (κ1) is 29.6. The second-order valence-electron chi connectivity index (χ2n) is 9.95. The third-order valence-electron chi connectivity index (χ3n) is 6.90. The van der Waals surface area contributed by atoms with Crippen LogP contribution in [0.2, 0.25) is 0 Å². The number of hydrogen-bond donors (Lipinski definition) is 0. The summed E-state index contributed by atoms with van der Waals surface area (Å²) in [6.45, 7) is 5.44. The lowest BCUT2D eigenvalue weighted by atomic mass is 9.84. The summed E-state index contributed by atoms with van der Waals surface area (Å²) in [6, 6.07) is 10.6. The van der Waals surface area contributed by atoms with Gasteiger partial charge < -0.3 is 0 Å². The van der Waals surface area contributed by atoms with E-state index in [1.54, 1.807) is 6.07 Å². The average molecular weight is 573 g/mol. The third-order valence-corrected chi connectivity index (χ3v) is 8.22. The molecule has 0 aliphatic heterocycles. The summed E-state index contributed by atoms with van der Waals surface area (Å²) in [5.41, 5.74) is 1.60. The largest absolute Gasteiger partial charge is 0.418 e. The highest BCUT2D eigenvalue weighted by Gasteiger charge is 2.34. The molecule has 0 amide bonds. The number of benzene rings is 1. The first-order chi connectivity index (χ1) is 19.1. The minimum absolute atomic E-state index is 0.0916. The Hall–Kier alpha value is -3.40. The van der Waals surface area contributed by atoms with Crippen LogP contribution >= 0.6 is 11.3 Å². The van der Waals surface area contributed by atoms with E-state index in [4.69, 9.17) is 0 Å². The van der Waals surface area contributed by atoms with Crippen LogP contribution in [0.4, 0.5) is 17.6 Å². The molecule has 0 saturated heterocycles. The van der Waals surface area contributed by atoms with E-state index >= 15 is 0 Å². The summed E-state index contributed by atoms with van der Waals surface area (Å²) in [7, 11) is 0. The second-order valence-corrected chi connectivity index (χ2v) is 11.0. The molecular weight excluding hydrogens is 540 g/mol. The number of aromatic nitrogens is 4. The Morgan fingerprint density at radius 1 is 1.05 bits per heavy atom. The van der Waals surface area contributed by atoms with Gasteiger partial charge in [-0.1, -0.05) is 38.3 Å². The molecule has 1 saturated carbocycles. The van der Waals surface area contributed by atoms with Crippen LogP contribution in [0.3, 0.4) is 0 Å². The van der Waals surface area contributed by atoms with Gasteiger partial charge in [0.25, 0.3) is 5.56 Å². The summed E-state index contributed by atoms with van der Waals surface area (Å²) < 4.78 is 53.8. The predicted molar refractivity (Wildman–Crippen MR) is 149 cm³/mol. The number of aryl methyl sites for hydroxylation is 3. The Morgan fingerprint density at radius 2 is 1.80 bits per heavy atom. The van der Waals surface area contributed by atoms with E-state index in [0.717, 1.165) is 70.4 Å². The van der Waals surface area contributed by atoms with Gasteiger partial charge in [0.15, 0.2) is 0 Å². The van der Waals surface area contributed by atoms with E-state index in [-0.39, 0.29) is 29.5 Å². The lowest BCUT2D eigenvalue weighted by Crippen LogP contribution is -2.30. The fourth-order valence-electron chi connectivity index (χ4n) is 4.90. The fourth-order valence-corrected chi connectivity index (χ4v) is 5.86. The Balaban J connectivity index is 0.000000398. The van der Waals surface area contributed by atoms with Gasteiger partial charge in [0.05, 0.1) is 33.4 Å². The maximum Gasteiger partial charge on any atom is 0.418 e. The first-order valence-corrected chi connectivity index (χ1v) is 14.2. The molecule has 40 heavy (non-hydrogen) atoms. The van der Waals surface area contributed by atoms with Crippen LogP contribution in [0.1, 0.15) is 78.0 Å². The average Bonchev–Trinajstić information content (AvgIpc) is 3.31. The molecule has 0 bridgehead atoms. The Bertz CT molecular complexity index is 1490. The SMILES string of the molecule is CCc1nc(C)c(-c2cc(C3CCCCC3)c(=O)n(Cc3ncccc3C(F)(F)F)n2)s1.Cc1cccc(F)c1. The molecule has 4 aromatic rings. The molecule has 1 aliphatic rings. The highest BCUT2D eigenvalue weighted by molar-refractivity contribution is 7.15. The Labute approximate surface area is 235 Å². The summed E-state index contributed by atoms with van der Waals surface area (Å²) >= 11 is 1.51. The molecule has 5 nitrogen and oxygen atoms in total. The van der Waals surface area contributed by atoms with Gasteiger partial charge >= 0.3 is 6.18 Å². The van der Waals surface area contributed by atoms with Crippen molar-refractivity contribution in [2.24, 2.45) is 0 Å². The molecule has 1 fully saturated rings. The van der Waals surface area contributed by atoms with Crippen molar-refractivity contribution in [3.8, 4) is 10.6 Å². The monoisotopic (exact) mass is 572 g/mol. The van der Waals surface area contributed by atoms with Gasteiger partial charge in [-0.3, -0.25) is 9.78 Å². The van der Waals surface area contributed by atoms with Crippen LogP contribution in [0.5, 0.6) is 0 Å². The van der Waals surface area contributed by atoms with Crippen molar-refractivity contribution >= 4 is 11.3 Å². The van der Waals surface area contributed by atoms with Crippen LogP contribution in [0.25, 0.3) is 10.6 Å². The number of pyridine rings is 1. The van der Waals surface area contributed by atoms with Crippen LogP contribution < -0.4 is 5.56 Å². The zero-order valence-electron chi connectivity index (χ0n) is 22.8. The summed E-state index contributed by atoms with van der Waals surface area (Å²) in [5.74, 6) is -0.0704. The topological polar surface area (TPSA) is 60.7 Å². The summed E-state index contributed by atoms with van der Waals surface area (Å²) in [5, 5.41) is 5.45. The molecule has 0 unspecified atom stereocenters. The van der Waals surface area contributed by atoms with Crippen molar-refractivity contribution in [1.29, 1.82) is 0 Å². The smallest absolute Gasteiger partial charge is 0.267 e. The van der Waals surface area contributed by atoms with Crippen molar-refractivity contribution in [2.45, 2.75) is 77.9 Å². The van der Waals surface area contributed by atoms with E-state index < -0.39 is 11.7 Å². The van der Waals surface area contributed by atoms with Crippen LogP contribution in [0, 0.1) is 19.7 Å². The standard InChI is InChI=1S/C23H25F3N4OS.C7H7F/c1-3-20-28-14(2)21(32-20)18-12-16(15-8-5-4-6-9-15)22(31)30(29-18)13-19-17(23(24,25)26)10-7-11-27-19;1-6-3-2-4-7(8)5-6/h7,10-12,15H,3-6,8-9,13H2,1-2H3;2-5H,1H3. The molecule has 1 aliphatic carbocycles. The van der Waals surface area contributed by atoms with Gasteiger partial charge in [-0.15, -0.1) is 11.3 Å². The van der Waals surface area contributed by atoms with Crippen LogP contribution in [-0.2, 0) is 19.1 Å². The predicted octanol–water partition coefficient (Wildman–Crippen LogP) is 7.88. The highest BCUT2D eigenvalue weighted by Crippen LogP contribution is 2.35. The number of rotatable bonds is 5. The maximum absolute atomic E-state index is 13.5. The Kier molecular flexibility index (Phi) is 9.50. The van der Waals surface area contributed by atoms with E-state index in [2.05, 4.69) is 15.1 Å². The molecule has 5 rings (SSSR count). The minimum Gasteiger partial charge on any atom is -0.267 e. The summed E-state index contributed by atoms with van der Waals surface area (Å²) in [4.78, 5) is 22.7. The van der Waals surface area contributed by atoms with Crippen LogP contribution in [-0.4, -0.2) is 19.7 Å². The molecule has 0 N–H and O–H groups in total. The van der Waals surface area contributed by atoms with E-state index in [0.29, 0.717) is 11.3 Å². The molecule has 0 atom stereocenters. The first-order valence-electron chi connectivity index (χ1n) is 13.4. The zero-order chi connectivity index (χ0) is 28.9. The van der Waals surface area contributed by atoms with Gasteiger partial charge in [0.2, 0.25) is 0 Å². The van der Waals surface area contributed by atoms with Crippen LogP contribution in [0.15, 0.2) is 53.5 Å². The van der Waals surface area contributed by atoms with Gasteiger partial charge in [-0.2, -0.15) is 18.3 Å². The van der Waals surface area contributed by atoms with Gasteiger partial charge in [-0.25, -0.2) is 14.1 Å². The van der Waals surface area contributed by atoms with E-state index in [9.17, 15) is 22.4 Å². The lowest BCUT2D eigenvalue weighted by Gasteiger charge is -2.22. The summed E-state index contributed by atoms with van der Waals surface area (Å²) in [6.07, 6.45) is 2.56. The van der Waals surface area contributed by atoms with Gasteiger partial charge in [0.1, 0.15) is 11.5 Å². The number of thiazole rings is 1. The normalized spacial score (nSPS) is 14.1. The molecule has 1 aromatic carbocycles. The second kappa shape index (κ2) is 12.8. The van der Waals surface area contributed by atoms with Crippen molar-refractivity contribution in [3.63, 3.8) is 0 Å². The third kappa shape index (κ3) is 7.21. The van der Waals surface area contributed by atoms with Crippen molar-refractivity contribution < 1.29 is 17.6 Å². The van der Waals surface area contributed by atoms with Crippen molar-refractivity contribution in [3.05, 3.63) is 97.9 Å². The maximum atomic E-state index is 13.5. The lowest BCUT2D eigenvalue weighted by molar-refractivity contribution is -0.138. The zero-order valence-corrected chi connectivity index (χ0v) is 23.6. The molecule has 0 spiro atoms. The fraction of sp³-hybridized carbons (Fsp3) is 0.400. The number of alkyl halides is 3. The van der Waals surface area contributed by atoms with E-state index in [1.165, 1.54) is 35.7 Å². The van der Waals surface area contributed by atoms with E-state index in [1.807, 2.05) is 32.9 Å². The highest BCUT2D eigenvalue weighted by atomic mass is 32.1. The quantitative estimate of drug-likeness (QED) is 0.228. The molecule has 3 aromatic heterocycles. The number of hydrogen-bond acceptors (Lipinski definition) is 5. The number of nitrogens with zero attached hydrogens (tertiary/aromatic N) is 4.